The van der Waals surface area contributed by atoms with E-state index in [2.05, 4.69) is 39.0 Å². The third-order valence-corrected chi connectivity index (χ3v) is 8.18. The number of nitrogens with one attached hydrogen (secondary N) is 1. The smallest absolute Gasteiger partial charge is 0.258 e. The second-order valence-corrected chi connectivity index (χ2v) is 12.3. The highest BCUT2D eigenvalue weighted by molar-refractivity contribution is 5.97. The van der Waals surface area contributed by atoms with Gasteiger partial charge in [0.2, 0.25) is 0 Å². The molecule has 0 bridgehead atoms. The molecule has 0 radical (unpaired) electrons. The molecule has 242 valence electrons. The van der Waals surface area contributed by atoms with E-state index in [0.29, 0.717) is 11.6 Å². The van der Waals surface area contributed by atoms with Crippen LogP contribution in [0.1, 0.15) is 68.6 Å². The zero-order valence-electron chi connectivity index (χ0n) is 26.2. The molecule has 1 saturated carbocycles. The number of nitrogens with zero attached hydrogens (tertiary/aromatic N) is 5. The van der Waals surface area contributed by atoms with Crippen LogP contribution >= 0.6 is 0 Å². The summed E-state index contributed by atoms with van der Waals surface area (Å²) in [5.74, 6) is 0.369. The van der Waals surface area contributed by atoms with E-state index in [1.807, 2.05) is 12.3 Å². The first-order chi connectivity index (χ1) is 21.6. The van der Waals surface area contributed by atoms with Crippen molar-refractivity contribution >= 4 is 11.7 Å². The summed E-state index contributed by atoms with van der Waals surface area (Å²) in [7, 11) is 0. The fourth-order valence-corrected chi connectivity index (χ4v) is 6.12. The van der Waals surface area contributed by atoms with E-state index < -0.39 is 30.7 Å². The maximum Gasteiger partial charge on any atom is 0.258 e. The number of carbonyl (C=O) groups is 1. The topological polar surface area (TPSA) is 92.7 Å². The number of anilines is 1. The summed E-state index contributed by atoms with van der Waals surface area (Å²) in [4.78, 5) is 29.3. The van der Waals surface area contributed by atoms with Gasteiger partial charge in [-0.1, -0.05) is 20.3 Å². The van der Waals surface area contributed by atoms with Crippen molar-refractivity contribution in [1.29, 1.82) is 0 Å². The normalized spacial score (nSPS) is 16.8. The van der Waals surface area contributed by atoms with Crippen LogP contribution in [0.25, 0.3) is 0 Å². The largest absolute Gasteiger partial charge is 0.490 e. The summed E-state index contributed by atoms with van der Waals surface area (Å²) in [5.41, 5.74) is 2.21. The minimum atomic E-state index is -2.73. The molecule has 1 amide bonds. The van der Waals surface area contributed by atoms with Crippen LogP contribution in [-0.4, -0.2) is 70.5 Å². The number of pyridine rings is 1. The highest BCUT2D eigenvalue weighted by Gasteiger charge is 2.54. The molecule has 3 aliphatic rings. The van der Waals surface area contributed by atoms with Gasteiger partial charge in [0.1, 0.15) is 29.7 Å². The second kappa shape index (κ2) is 14.0. The van der Waals surface area contributed by atoms with Crippen molar-refractivity contribution in [2.45, 2.75) is 78.5 Å². The van der Waals surface area contributed by atoms with Crippen molar-refractivity contribution < 1.29 is 27.4 Å². The molecule has 1 spiro atoms. The Hall–Kier alpha value is -3.93. The monoisotopic (exact) mass is 626 g/mol. The maximum atomic E-state index is 14.2. The first-order valence-electron chi connectivity index (χ1n) is 15.6. The van der Waals surface area contributed by atoms with Gasteiger partial charge in [-0.05, 0) is 51.0 Å². The van der Waals surface area contributed by atoms with Gasteiger partial charge >= 0.3 is 0 Å². The number of ether oxygens (including phenoxy) is 2. The number of alkyl halides is 2. The Morgan fingerprint density at radius 3 is 2.60 bits per heavy atom. The van der Waals surface area contributed by atoms with Gasteiger partial charge in [-0.25, -0.2) is 23.1 Å². The molecule has 2 aliphatic heterocycles. The van der Waals surface area contributed by atoms with Crippen molar-refractivity contribution in [2.24, 2.45) is 5.41 Å². The van der Waals surface area contributed by atoms with Gasteiger partial charge in [-0.15, -0.1) is 0 Å². The van der Waals surface area contributed by atoms with Gasteiger partial charge in [0.25, 0.3) is 12.3 Å². The van der Waals surface area contributed by atoms with Crippen molar-refractivity contribution in [3.05, 3.63) is 65.6 Å². The van der Waals surface area contributed by atoms with E-state index in [4.69, 9.17) is 9.47 Å². The highest BCUT2D eigenvalue weighted by Crippen LogP contribution is 2.52. The van der Waals surface area contributed by atoms with Crippen LogP contribution in [0.15, 0.2) is 43.0 Å². The van der Waals surface area contributed by atoms with E-state index in [1.165, 1.54) is 25.0 Å². The van der Waals surface area contributed by atoms with Crippen LogP contribution in [-0.2, 0) is 13.0 Å². The Kier molecular flexibility index (Phi) is 10.1. The lowest BCUT2D eigenvalue weighted by Gasteiger charge is -2.59. The van der Waals surface area contributed by atoms with Crippen LogP contribution in [0.4, 0.5) is 19.0 Å². The Morgan fingerprint density at radius 1 is 1.13 bits per heavy atom. The third-order valence-electron chi connectivity index (χ3n) is 8.18. The molecule has 1 aliphatic carbocycles. The first-order valence-corrected chi connectivity index (χ1v) is 15.6. The molecular formula is C33H41F3N6O3. The van der Waals surface area contributed by atoms with Crippen molar-refractivity contribution in [1.82, 2.24) is 25.2 Å². The molecule has 0 atom stereocenters. The quantitative estimate of drug-likeness (QED) is 0.308. The minimum absolute atomic E-state index is 0.0416. The maximum absolute atomic E-state index is 14.2. The zero-order chi connectivity index (χ0) is 32.1. The third kappa shape index (κ3) is 7.32. The fraction of sp³-hybridized carbons (Fsp3) is 0.515. The molecule has 0 unspecified atom stereocenters. The number of aromatic nitrogens is 3. The summed E-state index contributed by atoms with van der Waals surface area (Å²) < 4.78 is 53.0. The van der Waals surface area contributed by atoms with Crippen molar-refractivity contribution in [2.75, 3.05) is 31.1 Å². The molecule has 1 saturated heterocycles. The summed E-state index contributed by atoms with van der Waals surface area (Å²) in [6.45, 7) is 9.93. The van der Waals surface area contributed by atoms with Gasteiger partial charge in [-0.2, -0.15) is 0 Å². The van der Waals surface area contributed by atoms with Crippen LogP contribution < -0.4 is 19.7 Å². The Balaban J connectivity index is 0.00000128. The Morgan fingerprint density at radius 2 is 1.89 bits per heavy atom. The predicted molar refractivity (Wildman–Crippen MR) is 165 cm³/mol. The lowest BCUT2D eigenvalue weighted by molar-refractivity contribution is -0.0349. The van der Waals surface area contributed by atoms with Crippen LogP contribution in [0.2, 0.25) is 0 Å². The lowest BCUT2D eigenvalue weighted by atomic mass is 9.61. The number of fused-ring (bicyclic) bond motifs is 1. The number of benzene rings is 1. The first kappa shape index (κ1) is 32.5. The fourth-order valence-electron chi connectivity index (χ4n) is 6.12. The number of rotatable bonds is 9. The molecule has 2 fully saturated rings. The van der Waals surface area contributed by atoms with Crippen LogP contribution in [0.5, 0.6) is 17.2 Å². The summed E-state index contributed by atoms with van der Waals surface area (Å²) in [5, 5.41) is 3.39. The molecule has 1 N–H and O–H groups in total. The van der Waals surface area contributed by atoms with E-state index in [0.717, 1.165) is 79.5 Å². The van der Waals surface area contributed by atoms with E-state index in [-0.39, 0.29) is 22.8 Å². The van der Waals surface area contributed by atoms with Gasteiger partial charge in [0.15, 0.2) is 11.6 Å². The van der Waals surface area contributed by atoms with E-state index >= 15 is 0 Å². The van der Waals surface area contributed by atoms with E-state index in [1.54, 1.807) is 13.8 Å². The summed E-state index contributed by atoms with van der Waals surface area (Å²) in [6.07, 6.45) is 6.10. The standard InChI is InChI=1S/C30H33F3N6O3.C3H8/c1-18(2)39(14-27(32)33)29(40)21-9-19(31)3-4-24(21)42-26-13-35-17-37-28(26)38-15-30(16-38)10-20(11-30)41-25-6-8-36-23-5-7-34-12-22(23)25;1-3-2/h3-4,6,8-9,13,17-18,20,27,34H,5,7,10-12,14-16H2,1-2H3;3H2,1-2H3. The zero-order valence-corrected chi connectivity index (χ0v) is 26.2. The average Bonchev–Trinajstić information content (AvgIpc) is 2.98. The molecule has 12 heteroatoms. The SMILES string of the molecule is CC(C)N(CC(F)F)C(=O)c1cc(F)ccc1Oc1cncnc1N1CC2(CC(Oc3ccnc4c3CNCC4)C2)C1.CCC. The predicted octanol–water partition coefficient (Wildman–Crippen LogP) is 6.03. The molecule has 6 rings (SSSR count). The highest BCUT2D eigenvalue weighted by atomic mass is 19.3. The summed E-state index contributed by atoms with van der Waals surface area (Å²) in [6, 6.07) is 4.90. The average molecular weight is 627 g/mol. The number of hydrogen-bond donors (Lipinski definition) is 1. The molecule has 9 nitrogen and oxygen atoms in total. The van der Waals surface area contributed by atoms with Gasteiger partial charge in [0.05, 0.1) is 18.3 Å². The molecule has 45 heavy (non-hydrogen) atoms. The van der Waals surface area contributed by atoms with Crippen molar-refractivity contribution in [3.8, 4) is 17.2 Å². The number of hydrogen-bond acceptors (Lipinski definition) is 8. The number of amides is 1. The van der Waals surface area contributed by atoms with Crippen LogP contribution in [0.3, 0.4) is 0 Å². The van der Waals surface area contributed by atoms with Gasteiger partial charge in [-0.3, -0.25) is 9.78 Å². The number of halogens is 3. The van der Waals surface area contributed by atoms with Crippen LogP contribution in [0, 0.1) is 11.2 Å². The Labute approximate surface area is 262 Å². The Bertz CT molecular complexity index is 1480. The van der Waals surface area contributed by atoms with Gasteiger partial charge in [0, 0.05) is 61.5 Å². The van der Waals surface area contributed by atoms with E-state index in [9.17, 15) is 18.0 Å². The molecule has 1 aromatic carbocycles. The molecular weight excluding hydrogens is 585 g/mol. The summed E-state index contributed by atoms with van der Waals surface area (Å²) >= 11 is 0. The van der Waals surface area contributed by atoms with Gasteiger partial charge < -0.3 is 24.6 Å². The lowest BCUT2D eigenvalue weighted by Crippen LogP contribution is -2.65. The molecule has 3 aromatic rings. The van der Waals surface area contributed by atoms with Crippen molar-refractivity contribution in [3.63, 3.8) is 0 Å². The molecule has 2 aromatic heterocycles. The minimum Gasteiger partial charge on any atom is -0.490 e. The number of carbonyl (C=O) groups excluding carboxylic acids is 1. The second-order valence-electron chi connectivity index (χ2n) is 12.3. The molecule has 4 heterocycles.